The quantitative estimate of drug-likeness (QED) is 0.322. The van der Waals surface area contributed by atoms with Crippen LogP contribution >= 0.6 is 12.2 Å². The zero-order chi connectivity index (χ0) is 15.4. The minimum Gasteiger partial charge on any atom is -0.507 e. The largest absolute Gasteiger partial charge is 0.507 e. The van der Waals surface area contributed by atoms with Gasteiger partial charge in [0, 0.05) is 0 Å². The van der Waals surface area contributed by atoms with Crippen molar-refractivity contribution in [1.29, 1.82) is 0 Å². The van der Waals surface area contributed by atoms with E-state index in [0.717, 1.165) is 6.21 Å². The molecule has 0 aliphatic heterocycles. The van der Waals surface area contributed by atoms with E-state index in [4.69, 9.17) is 0 Å². The molecule has 21 heavy (non-hydrogen) atoms. The van der Waals surface area contributed by atoms with Gasteiger partial charge in [-0.2, -0.15) is 5.10 Å². The van der Waals surface area contributed by atoms with Gasteiger partial charge in [0.05, 0.1) is 11.8 Å². The number of aromatic hydroxyl groups is 2. The van der Waals surface area contributed by atoms with Crippen LogP contribution in [-0.2, 0) is 0 Å². The fraction of sp³-hybridized carbons (Fsp3) is 0. The van der Waals surface area contributed by atoms with Gasteiger partial charge < -0.3 is 15.2 Å². The minimum absolute atomic E-state index is 0.0280. The molecule has 2 rings (SSSR count). The van der Waals surface area contributed by atoms with Crippen molar-refractivity contribution in [2.24, 2.45) is 5.10 Å². The Morgan fingerprint density at radius 1 is 1.29 bits per heavy atom. The Hall–Kier alpha value is -2.94. The maximum atomic E-state index is 11.7. The Kier molecular flexibility index (Phi) is 4.14. The van der Waals surface area contributed by atoms with E-state index in [9.17, 15) is 19.8 Å². The molecular formula is C12H10N4O4S. The highest BCUT2D eigenvalue weighted by molar-refractivity contribution is 7.71. The lowest BCUT2D eigenvalue weighted by molar-refractivity contribution is 0.0952. The van der Waals surface area contributed by atoms with Gasteiger partial charge in [0.15, 0.2) is 4.77 Å². The molecule has 1 aromatic heterocycles. The zero-order valence-corrected chi connectivity index (χ0v) is 11.3. The Labute approximate surface area is 122 Å². The maximum absolute atomic E-state index is 11.7. The number of hydrogen-bond acceptors (Lipinski definition) is 6. The monoisotopic (exact) mass is 306 g/mol. The predicted molar refractivity (Wildman–Crippen MR) is 77.1 cm³/mol. The lowest BCUT2D eigenvalue weighted by Gasteiger charge is -2.02. The van der Waals surface area contributed by atoms with Crippen LogP contribution in [0.3, 0.4) is 0 Å². The van der Waals surface area contributed by atoms with Crippen LogP contribution in [0, 0.1) is 4.77 Å². The molecule has 0 fully saturated rings. The molecule has 0 atom stereocenters. The van der Waals surface area contributed by atoms with Gasteiger partial charge in [0.2, 0.25) is 5.88 Å². The molecule has 0 radical (unpaired) electrons. The van der Waals surface area contributed by atoms with Gasteiger partial charge in [-0.3, -0.25) is 14.6 Å². The standard InChI is InChI=1S/C12H10N4O4S/c17-8-4-2-1-3-6(8)11(20)16-13-5-7-9(18)14-12(21)15-10(7)19/h1-5,17H,(H,16,20)(H3,14,15,18,19,21)/b13-5+. The molecule has 0 unspecified atom stereocenters. The van der Waals surface area contributed by atoms with Crippen LogP contribution in [0.2, 0.25) is 0 Å². The first-order chi connectivity index (χ1) is 9.99. The van der Waals surface area contributed by atoms with Gasteiger partial charge in [0.1, 0.15) is 11.3 Å². The summed E-state index contributed by atoms with van der Waals surface area (Å²) in [6.07, 6.45) is 0.956. The van der Waals surface area contributed by atoms with Gasteiger partial charge in [0.25, 0.3) is 11.5 Å². The van der Waals surface area contributed by atoms with E-state index >= 15 is 0 Å². The number of hydrazone groups is 1. The molecule has 0 saturated carbocycles. The molecule has 1 amide bonds. The van der Waals surface area contributed by atoms with Crippen molar-refractivity contribution in [3.63, 3.8) is 0 Å². The Bertz CT molecular complexity index is 824. The Morgan fingerprint density at radius 2 is 2.00 bits per heavy atom. The molecule has 2 aromatic rings. The number of phenolic OH excluding ortho intramolecular Hbond substituents is 1. The van der Waals surface area contributed by atoms with E-state index < -0.39 is 17.3 Å². The number of H-pyrrole nitrogens is 2. The van der Waals surface area contributed by atoms with Crippen molar-refractivity contribution in [3.05, 3.63) is 50.5 Å². The van der Waals surface area contributed by atoms with Crippen molar-refractivity contribution in [3.8, 4) is 11.6 Å². The number of nitrogens with one attached hydrogen (secondary N) is 3. The van der Waals surface area contributed by atoms with E-state index in [1.807, 2.05) is 0 Å². The fourth-order valence-electron chi connectivity index (χ4n) is 1.49. The normalized spacial score (nSPS) is 10.7. The van der Waals surface area contributed by atoms with Gasteiger partial charge in [-0.05, 0) is 24.4 Å². The number of aromatic amines is 2. The molecule has 9 heteroatoms. The first kappa shape index (κ1) is 14.5. The second-order valence-electron chi connectivity index (χ2n) is 3.89. The summed E-state index contributed by atoms with van der Waals surface area (Å²) < 4.78 is -0.0344. The molecule has 108 valence electrons. The Morgan fingerprint density at radius 3 is 2.67 bits per heavy atom. The highest BCUT2D eigenvalue weighted by Gasteiger charge is 2.09. The van der Waals surface area contributed by atoms with Crippen molar-refractivity contribution in [2.75, 3.05) is 0 Å². The van der Waals surface area contributed by atoms with Gasteiger partial charge in [-0.15, -0.1) is 0 Å². The summed E-state index contributed by atoms with van der Waals surface area (Å²) in [5.41, 5.74) is 1.30. The molecule has 0 spiro atoms. The second kappa shape index (κ2) is 6.01. The van der Waals surface area contributed by atoms with E-state index in [-0.39, 0.29) is 21.6 Å². The van der Waals surface area contributed by atoms with E-state index in [0.29, 0.717) is 0 Å². The number of carbonyl (C=O) groups excluding carboxylic acids is 1. The molecule has 0 saturated heterocycles. The zero-order valence-electron chi connectivity index (χ0n) is 10.5. The summed E-state index contributed by atoms with van der Waals surface area (Å²) in [6, 6.07) is 5.90. The van der Waals surface area contributed by atoms with Crippen LogP contribution in [0.4, 0.5) is 0 Å². The number of amides is 1. The Balaban J connectivity index is 2.17. The SMILES string of the molecule is O=C(N/N=C/c1c(O)[nH]c(=S)[nH]c1=O)c1ccccc1O. The number of benzene rings is 1. The summed E-state index contributed by atoms with van der Waals surface area (Å²) in [7, 11) is 0. The van der Waals surface area contributed by atoms with Crippen LogP contribution in [0.1, 0.15) is 15.9 Å². The lowest BCUT2D eigenvalue weighted by atomic mass is 10.2. The third-order valence-electron chi connectivity index (χ3n) is 2.47. The predicted octanol–water partition coefficient (Wildman–Crippen LogP) is 0.608. The van der Waals surface area contributed by atoms with Crippen molar-refractivity contribution < 1.29 is 15.0 Å². The number of nitrogens with zero attached hydrogens (tertiary/aromatic N) is 1. The number of hydrogen-bond donors (Lipinski definition) is 5. The number of para-hydroxylation sites is 1. The molecule has 0 aliphatic carbocycles. The average Bonchev–Trinajstić information content (AvgIpc) is 2.42. The second-order valence-corrected chi connectivity index (χ2v) is 4.30. The van der Waals surface area contributed by atoms with Crippen molar-refractivity contribution >= 4 is 24.3 Å². The number of carbonyl (C=O) groups is 1. The molecular weight excluding hydrogens is 296 g/mol. The summed E-state index contributed by atoms with van der Waals surface area (Å²) in [6.45, 7) is 0. The number of phenols is 1. The third kappa shape index (κ3) is 3.34. The minimum atomic E-state index is -0.663. The summed E-state index contributed by atoms with van der Waals surface area (Å²) >= 11 is 4.67. The van der Waals surface area contributed by atoms with Gasteiger partial charge >= 0.3 is 0 Å². The smallest absolute Gasteiger partial charge is 0.275 e. The number of rotatable bonds is 3. The third-order valence-corrected chi connectivity index (χ3v) is 2.67. The first-order valence-corrected chi connectivity index (χ1v) is 6.07. The summed E-state index contributed by atoms with van der Waals surface area (Å²) in [4.78, 5) is 27.8. The van der Waals surface area contributed by atoms with E-state index in [2.05, 4.69) is 32.7 Å². The molecule has 1 heterocycles. The van der Waals surface area contributed by atoms with E-state index in [1.54, 1.807) is 12.1 Å². The van der Waals surface area contributed by atoms with Gasteiger partial charge in [-0.1, -0.05) is 12.1 Å². The van der Waals surface area contributed by atoms with Gasteiger partial charge in [-0.25, -0.2) is 5.43 Å². The molecule has 0 bridgehead atoms. The van der Waals surface area contributed by atoms with Crippen LogP contribution in [0.5, 0.6) is 11.6 Å². The number of aromatic nitrogens is 2. The molecule has 1 aromatic carbocycles. The highest BCUT2D eigenvalue weighted by atomic mass is 32.1. The summed E-state index contributed by atoms with van der Waals surface area (Å²) in [5, 5.41) is 22.5. The van der Waals surface area contributed by atoms with Crippen LogP contribution in [0.15, 0.2) is 34.2 Å². The lowest BCUT2D eigenvalue weighted by Crippen LogP contribution is -2.19. The molecule has 5 N–H and O–H groups in total. The summed E-state index contributed by atoms with van der Waals surface area (Å²) in [5.74, 6) is -1.33. The average molecular weight is 306 g/mol. The van der Waals surface area contributed by atoms with Crippen LogP contribution in [-0.4, -0.2) is 32.3 Å². The van der Waals surface area contributed by atoms with E-state index in [1.165, 1.54) is 12.1 Å². The first-order valence-electron chi connectivity index (χ1n) is 5.66. The highest BCUT2D eigenvalue weighted by Crippen LogP contribution is 2.14. The van der Waals surface area contributed by atoms with Crippen molar-refractivity contribution in [2.45, 2.75) is 0 Å². The van der Waals surface area contributed by atoms with Crippen molar-refractivity contribution in [1.82, 2.24) is 15.4 Å². The topological polar surface area (TPSA) is 131 Å². The molecule has 8 nitrogen and oxygen atoms in total. The molecule has 0 aliphatic rings. The maximum Gasteiger partial charge on any atom is 0.275 e. The van der Waals surface area contributed by atoms with Crippen LogP contribution < -0.4 is 11.0 Å². The fourth-order valence-corrected chi connectivity index (χ4v) is 1.67. The van der Waals surface area contributed by atoms with Crippen LogP contribution in [0.25, 0.3) is 0 Å².